The average Bonchev–Trinajstić information content (AvgIpc) is 3.22. The molecule has 2 saturated heterocycles. The van der Waals surface area contributed by atoms with Crippen LogP contribution in [0.4, 0.5) is 22.7 Å². The van der Waals surface area contributed by atoms with Gasteiger partial charge >= 0.3 is 0 Å². The van der Waals surface area contributed by atoms with E-state index in [1.165, 1.54) is 23.5 Å². The molecule has 2 fully saturated rings. The van der Waals surface area contributed by atoms with E-state index in [9.17, 15) is 19.2 Å². The molecule has 12 nitrogen and oxygen atoms in total. The van der Waals surface area contributed by atoms with Gasteiger partial charge in [0.2, 0.25) is 23.6 Å². The van der Waals surface area contributed by atoms with Crippen LogP contribution in [0.5, 0.6) is 0 Å². The highest BCUT2D eigenvalue weighted by molar-refractivity contribution is 7.99. The number of likely N-dealkylation sites (N-methyl/N-ethyl adjacent to an activating group) is 2. The van der Waals surface area contributed by atoms with Crippen LogP contribution in [-0.2, 0) is 19.2 Å². The molecule has 4 N–H and O–H groups in total. The van der Waals surface area contributed by atoms with Crippen LogP contribution in [0.3, 0.4) is 0 Å². The first-order valence-corrected chi connectivity index (χ1v) is 22.0. The number of hydrogen-bond donors (Lipinski definition) is 4. The second kappa shape index (κ2) is 22.6. The van der Waals surface area contributed by atoms with Crippen molar-refractivity contribution in [3.05, 3.63) is 97.1 Å². The predicted octanol–water partition coefficient (Wildman–Crippen LogP) is 6.89. The van der Waals surface area contributed by atoms with Crippen molar-refractivity contribution >= 4 is 69.9 Å². The summed E-state index contributed by atoms with van der Waals surface area (Å²) in [5, 5.41) is 12.1. The molecule has 4 aromatic rings. The zero-order valence-electron chi connectivity index (χ0n) is 34.1. The fourth-order valence-corrected chi connectivity index (χ4v) is 8.71. The highest BCUT2D eigenvalue weighted by atomic mass is 32.2. The van der Waals surface area contributed by atoms with Crippen molar-refractivity contribution in [2.45, 2.75) is 51.7 Å². The molecule has 0 bridgehead atoms. The Hall–Kier alpha value is -4.70. The second-order valence-electron chi connectivity index (χ2n) is 15.1. The number of para-hydroxylation sites is 2. The largest absolute Gasteiger partial charge is 0.326 e. The molecule has 0 atom stereocenters. The molecule has 0 saturated carbocycles. The van der Waals surface area contributed by atoms with Crippen LogP contribution >= 0.6 is 23.5 Å². The van der Waals surface area contributed by atoms with Crippen LogP contribution < -0.4 is 21.3 Å². The molecule has 2 heterocycles. The Morgan fingerprint density at radius 2 is 0.864 bits per heavy atom. The number of rotatable bonds is 18. The number of nitrogens with zero attached hydrogens (tertiary/aromatic N) is 4. The number of carbonyl (C=O) groups excluding carboxylic acids is 4. The number of benzene rings is 4. The Kier molecular flexibility index (Phi) is 16.8. The van der Waals surface area contributed by atoms with Crippen LogP contribution in [0, 0.1) is 0 Å². The van der Waals surface area contributed by atoms with Crippen LogP contribution in [-0.4, -0.2) is 123 Å². The summed E-state index contributed by atoms with van der Waals surface area (Å²) in [4.78, 5) is 64.4. The first-order valence-electron chi connectivity index (χ1n) is 20.4. The van der Waals surface area contributed by atoms with Gasteiger partial charge in [-0.25, -0.2) is 0 Å². The predicted molar refractivity (Wildman–Crippen MR) is 239 cm³/mol. The van der Waals surface area contributed by atoms with Crippen LogP contribution in [0.15, 0.2) is 117 Å². The van der Waals surface area contributed by atoms with Crippen LogP contribution in [0.25, 0.3) is 0 Å². The zero-order valence-corrected chi connectivity index (χ0v) is 35.7. The quantitative estimate of drug-likeness (QED) is 0.0842. The van der Waals surface area contributed by atoms with Crippen molar-refractivity contribution in [2.24, 2.45) is 0 Å². The zero-order chi connectivity index (χ0) is 41.4. The number of nitrogens with one attached hydrogen (secondary N) is 4. The molecule has 14 heteroatoms. The summed E-state index contributed by atoms with van der Waals surface area (Å²) in [5.41, 5.74) is 2.85. The van der Waals surface area contributed by atoms with Gasteiger partial charge < -0.3 is 40.9 Å². The Morgan fingerprint density at radius 3 is 1.29 bits per heavy atom. The van der Waals surface area contributed by atoms with E-state index in [2.05, 4.69) is 55.0 Å². The first kappa shape index (κ1) is 43.9. The maximum atomic E-state index is 12.9. The molecular formula is C45H56N8O4S2. The lowest BCUT2D eigenvalue weighted by molar-refractivity contribution is -0.118. The fraction of sp³-hybridized carbons (Fsp3) is 0.378. The molecule has 0 unspecified atom stereocenters. The minimum Gasteiger partial charge on any atom is -0.326 e. The van der Waals surface area contributed by atoms with Crippen molar-refractivity contribution in [3.63, 3.8) is 0 Å². The lowest BCUT2D eigenvalue weighted by atomic mass is 10.2. The average molecular weight is 837 g/mol. The Bertz CT molecular complexity index is 1890. The van der Waals surface area contributed by atoms with Crippen molar-refractivity contribution < 1.29 is 19.2 Å². The SMILES string of the molecule is CN1CCN(CCC(=O)Nc2ccccc2Sc2cccc(NC(=O)CCCC(=O)Nc3cccc(Sc4ccccc4NC(=O)CCN4CCN(C)CC4)c3)c2)CC1. The Balaban J connectivity index is 0.918. The highest BCUT2D eigenvalue weighted by Crippen LogP contribution is 2.36. The third-order valence-electron chi connectivity index (χ3n) is 10.3. The van der Waals surface area contributed by atoms with Gasteiger partial charge in [0.05, 0.1) is 11.4 Å². The number of hydrogen-bond acceptors (Lipinski definition) is 10. The molecule has 4 amide bonds. The van der Waals surface area contributed by atoms with Gasteiger partial charge in [0.25, 0.3) is 0 Å². The van der Waals surface area contributed by atoms with Gasteiger partial charge in [-0.2, -0.15) is 0 Å². The normalized spacial score (nSPS) is 15.4. The summed E-state index contributed by atoms with van der Waals surface area (Å²) >= 11 is 3.04. The lowest BCUT2D eigenvalue weighted by Gasteiger charge is -2.32. The third-order valence-corrected chi connectivity index (χ3v) is 12.5. The number of piperazine rings is 2. The molecule has 0 aromatic heterocycles. The monoisotopic (exact) mass is 836 g/mol. The van der Waals surface area contributed by atoms with Crippen LogP contribution in [0.2, 0.25) is 0 Å². The van der Waals surface area contributed by atoms with E-state index in [-0.39, 0.29) is 36.5 Å². The number of carbonyl (C=O) groups is 4. The maximum absolute atomic E-state index is 12.9. The molecule has 4 aromatic carbocycles. The van der Waals surface area contributed by atoms with Gasteiger partial charge in [0, 0.05) is 122 Å². The summed E-state index contributed by atoms with van der Waals surface area (Å²) in [6.45, 7) is 9.49. The molecule has 6 rings (SSSR count). The van der Waals surface area contributed by atoms with Gasteiger partial charge in [-0.05, 0) is 81.2 Å². The Morgan fingerprint density at radius 1 is 0.475 bits per heavy atom. The van der Waals surface area contributed by atoms with Crippen molar-refractivity contribution in [1.29, 1.82) is 0 Å². The molecule has 0 radical (unpaired) electrons. The second-order valence-corrected chi connectivity index (χ2v) is 17.3. The first-order chi connectivity index (χ1) is 28.6. The fourth-order valence-electron chi connectivity index (χ4n) is 6.79. The summed E-state index contributed by atoms with van der Waals surface area (Å²) in [5.74, 6) is -0.356. The summed E-state index contributed by atoms with van der Waals surface area (Å²) in [6, 6.07) is 30.7. The van der Waals surface area contributed by atoms with E-state index < -0.39 is 0 Å². The maximum Gasteiger partial charge on any atom is 0.225 e. The molecule has 59 heavy (non-hydrogen) atoms. The van der Waals surface area contributed by atoms with E-state index in [4.69, 9.17) is 0 Å². The van der Waals surface area contributed by atoms with Gasteiger partial charge in [0.1, 0.15) is 0 Å². The summed E-state index contributed by atoms with van der Waals surface area (Å²) in [7, 11) is 4.25. The number of anilines is 4. The molecule has 2 aliphatic rings. The van der Waals surface area contributed by atoms with Crippen molar-refractivity contribution in [2.75, 3.05) is 101 Å². The Labute approximate surface area is 356 Å². The van der Waals surface area contributed by atoms with Gasteiger partial charge in [0.15, 0.2) is 0 Å². The molecule has 2 aliphatic heterocycles. The minimum atomic E-state index is -0.170. The van der Waals surface area contributed by atoms with Crippen LogP contribution in [0.1, 0.15) is 32.1 Å². The molecule has 0 aliphatic carbocycles. The number of amides is 4. The van der Waals surface area contributed by atoms with Gasteiger partial charge in [-0.15, -0.1) is 0 Å². The minimum absolute atomic E-state index is 0.00796. The highest BCUT2D eigenvalue weighted by Gasteiger charge is 2.18. The van der Waals surface area contributed by atoms with E-state index >= 15 is 0 Å². The molecule has 312 valence electrons. The third kappa shape index (κ3) is 14.8. The van der Waals surface area contributed by atoms with Crippen molar-refractivity contribution in [1.82, 2.24) is 19.6 Å². The van der Waals surface area contributed by atoms with Gasteiger partial charge in [-0.1, -0.05) is 59.9 Å². The van der Waals surface area contributed by atoms with E-state index in [1.807, 2.05) is 97.1 Å². The molecular weight excluding hydrogens is 781 g/mol. The van der Waals surface area contributed by atoms with Gasteiger partial charge in [-0.3, -0.25) is 19.2 Å². The molecule has 0 spiro atoms. The lowest BCUT2D eigenvalue weighted by Crippen LogP contribution is -2.45. The topological polar surface area (TPSA) is 129 Å². The van der Waals surface area contributed by atoms with E-state index in [0.717, 1.165) is 96.4 Å². The standard InChI is InChI=1S/C45H56N8O4S2/c1-50-24-28-52(29-25-50)22-20-44(56)48-38-14-3-5-16-40(38)58-36-12-7-10-34(32-36)46-42(54)18-9-19-43(55)47-35-11-8-13-37(33-35)59-41-17-6-4-15-39(41)49-45(57)21-23-53-30-26-51(2)27-31-53/h3-8,10-17,32-33H,9,18-31H2,1-2H3,(H,46,54)(H,47,55)(H,48,56)(H,49,57). The summed E-state index contributed by atoms with van der Waals surface area (Å²) < 4.78 is 0. The summed E-state index contributed by atoms with van der Waals surface area (Å²) in [6.07, 6.45) is 1.66. The van der Waals surface area contributed by atoms with E-state index in [1.54, 1.807) is 0 Å². The van der Waals surface area contributed by atoms with E-state index in [0.29, 0.717) is 30.6 Å². The smallest absolute Gasteiger partial charge is 0.225 e. The van der Waals surface area contributed by atoms with Crippen molar-refractivity contribution in [3.8, 4) is 0 Å².